The number of carbonyl (C=O) groups excluding carboxylic acids is 3. The molecular weight excluding hydrogens is 352 g/mol. The van der Waals surface area contributed by atoms with Crippen molar-refractivity contribution < 1.29 is 29.3 Å². The van der Waals surface area contributed by atoms with Crippen LogP contribution in [0.1, 0.15) is 12.5 Å². The lowest BCUT2D eigenvalue weighted by Crippen LogP contribution is -2.54. The molecule has 0 saturated carbocycles. The third-order valence-electron chi connectivity index (χ3n) is 3.80. The first kappa shape index (κ1) is 18.0. The van der Waals surface area contributed by atoms with Crippen LogP contribution in [0.15, 0.2) is 48.0 Å². The first-order chi connectivity index (χ1) is 12.9. The van der Waals surface area contributed by atoms with E-state index in [9.17, 15) is 24.6 Å². The van der Waals surface area contributed by atoms with Gasteiger partial charge in [0.25, 0.3) is 11.8 Å². The van der Waals surface area contributed by atoms with Gasteiger partial charge in [-0.3, -0.25) is 14.9 Å². The molecule has 0 aliphatic carbocycles. The lowest BCUT2D eigenvalue weighted by Gasteiger charge is -2.26. The number of hydrogen-bond donors (Lipinski definition) is 3. The Hall–Kier alpha value is -3.81. The van der Waals surface area contributed by atoms with Crippen molar-refractivity contribution in [2.24, 2.45) is 0 Å². The van der Waals surface area contributed by atoms with Gasteiger partial charge in [-0.15, -0.1) is 0 Å². The number of nitrogens with zero attached hydrogens (tertiary/aromatic N) is 1. The normalized spacial score (nSPS) is 15.8. The molecule has 27 heavy (non-hydrogen) atoms. The maximum absolute atomic E-state index is 12.7. The third kappa shape index (κ3) is 3.59. The van der Waals surface area contributed by atoms with Crippen LogP contribution in [-0.2, 0) is 9.59 Å². The van der Waals surface area contributed by atoms with Crippen LogP contribution in [0.2, 0.25) is 0 Å². The molecule has 0 radical (unpaired) electrons. The number of barbiturate groups is 1. The minimum Gasteiger partial charge on any atom is -0.508 e. The molecule has 8 nitrogen and oxygen atoms in total. The number of benzene rings is 2. The summed E-state index contributed by atoms with van der Waals surface area (Å²) in [5.74, 6) is -1.52. The fourth-order valence-electron chi connectivity index (χ4n) is 2.55. The minimum absolute atomic E-state index is 0.0250. The second-order valence-electron chi connectivity index (χ2n) is 5.63. The van der Waals surface area contributed by atoms with Crippen molar-refractivity contribution in [3.8, 4) is 17.2 Å². The Kier molecular flexibility index (Phi) is 4.80. The number of urea groups is 1. The lowest BCUT2D eigenvalue weighted by molar-refractivity contribution is -0.122. The van der Waals surface area contributed by atoms with Gasteiger partial charge in [0.05, 0.1) is 12.3 Å². The molecule has 138 valence electrons. The van der Waals surface area contributed by atoms with Gasteiger partial charge in [-0.2, -0.15) is 0 Å². The van der Waals surface area contributed by atoms with Gasteiger partial charge in [0.15, 0.2) is 11.5 Å². The second-order valence-corrected chi connectivity index (χ2v) is 5.63. The molecule has 0 spiro atoms. The van der Waals surface area contributed by atoms with Gasteiger partial charge in [0.1, 0.15) is 11.3 Å². The summed E-state index contributed by atoms with van der Waals surface area (Å²) in [7, 11) is 0. The average Bonchev–Trinajstić information content (AvgIpc) is 2.63. The number of nitrogens with one attached hydrogen (secondary N) is 1. The van der Waals surface area contributed by atoms with E-state index in [2.05, 4.69) is 5.32 Å². The summed E-state index contributed by atoms with van der Waals surface area (Å²) in [6, 6.07) is 8.90. The minimum atomic E-state index is -0.881. The summed E-state index contributed by atoms with van der Waals surface area (Å²) in [4.78, 5) is 37.8. The van der Waals surface area contributed by atoms with Crippen molar-refractivity contribution in [2.75, 3.05) is 11.5 Å². The van der Waals surface area contributed by atoms with Crippen LogP contribution in [0, 0.1) is 0 Å². The van der Waals surface area contributed by atoms with Gasteiger partial charge in [-0.05, 0) is 55.0 Å². The molecule has 3 rings (SSSR count). The Morgan fingerprint density at radius 1 is 1.07 bits per heavy atom. The Balaban J connectivity index is 1.99. The predicted molar refractivity (Wildman–Crippen MR) is 96.4 cm³/mol. The maximum Gasteiger partial charge on any atom is 0.335 e. The zero-order valence-corrected chi connectivity index (χ0v) is 14.3. The maximum atomic E-state index is 12.7. The Bertz CT molecular complexity index is 949. The highest BCUT2D eigenvalue weighted by Gasteiger charge is 2.36. The number of ether oxygens (including phenoxy) is 1. The van der Waals surface area contributed by atoms with E-state index in [-0.39, 0.29) is 28.5 Å². The van der Waals surface area contributed by atoms with E-state index in [1.807, 2.05) is 0 Å². The van der Waals surface area contributed by atoms with Gasteiger partial charge in [-0.25, -0.2) is 9.69 Å². The summed E-state index contributed by atoms with van der Waals surface area (Å²) in [5.41, 5.74) is 0.389. The average molecular weight is 368 g/mol. The topological polar surface area (TPSA) is 116 Å². The van der Waals surface area contributed by atoms with Crippen LogP contribution >= 0.6 is 0 Å². The molecular formula is C19H16N2O6. The summed E-state index contributed by atoms with van der Waals surface area (Å²) < 4.78 is 5.29. The highest BCUT2D eigenvalue weighted by atomic mass is 16.5. The molecule has 1 heterocycles. The molecule has 1 saturated heterocycles. The Labute approximate surface area is 154 Å². The highest BCUT2D eigenvalue weighted by molar-refractivity contribution is 6.39. The van der Waals surface area contributed by atoms with Gasteiger partial charge < -0.3 is 14.9 Å². The number of imide groups is 2. The van der Waals surface area contributed by atoms with Crippen LogP contribution in [0.4, 0.5) is 10.5 Å². The Morgan fingerprint density at radius 3 is 2.44 bits per heavy atom. The van der Waals surface area contributed by atoms with Crippen molar-refractivity contribution in [3.05, 3.63) is 53.6 Å². The van der Waals surface area contributed by atoms with Gasteiger partial charge >= 0.3 is 6.03 Å². The number of phenols is 2. The highest BCUT2D eigenvalue weighted by Crippen LogP contribution is 2.29. The van der Waals surface area contributed by atoms with Crippen LogP contribution in [-0.4, -0.2) is 34.7 Å². The fraction of sp³-hybridized carbons (Fsp3) is 0.105. The number of rotatable bonds is 4. The molecule has 3 N–H and O–H groups in total. The summed E-state index contributed by atoms with van der Waals surface area (Å²) in [5, 5.41) is 21.2. The van der Waals surface area contributed by atoms with Crippen molar-refractivity contribution >= 4 is 29.6 Å². The third-order valence-corrected chi connectivity index (χ3v) is 3.80. The standard InChI is InChI=1S/C19H16N2O6/c1-2-27-16-10-11(3-8-15(16)23)9-14-17(24)20-19(26)21(18(14)25)12-4-6-13(22)7-5-12/h3-10,22-23H,2H2,1H3,(H,20,24,26)/b14-9-. The summed E-state index contributed by atoms with van der Waals surface area (Å²) in [6.45, 7) is 2.08. The first-order valence-corrected chi connectivity index (χ1v) is 8.07. The number of aromatic hydroxyl groups is 2. The zero-order valence-electron chi connectivity index (χ0n) is 14.3. The number of carbonyl (C=O) groups is 3. The molecule has 1 fully saturated rings. The van der Waals surface area contributed by atoms with E-state index in [0.29, 0.717) is 12.2 Å². The summed E-state index contributed by atoms with van der Waals surface area (Å²) >= 11 is 0. The number of anilines is 1. The molecule has 0 aromatic heterocycles. The van der Waals surface area contributed by atoms with Crippen LogP contribution in [0.3, 0.4) is 0 Å². The largest absolute Gasteiger partial charge is 0.508 e. The smallest absolute Gasteiger partial charge is 0.335 e. The van der Waals surface area contributed by atoms with Gasteiger partial charge in [0, 0.05) is 0 Å². The molecule has 8 heteroatoms. The van der Waals surface area contributed by atoms with E-state index < -0.39 is 17.8 Å². The number of hydrogen-bond acceptors (Lipinski definition) is 6. The number of phenolic OH excluding ortho intramolecular Hbond substituents is 2. The van der Waals surface area contributed by atoms with Gasteiger partial charge in [0.2, 0.25) is 0 Å². The predicted octanol–water partition coefficient (Wildman–Crippen LogP) is 2.16. The molecule has 1 aliphatic rings. The lowest BCUT2D eigenvalue weighted by atomic mass is 10.1. The summed E-state index contributed by atoms with van der Waals surface area (Å²) in [6.07, 6.45) is 1.31. The van der Waals surface area contributed by atoms with E-state index in [0.717, 1.165) is 4.90 Å². The SMILES string of the molecule is CCOc1cc(/C=C2/C(=O)NC(=O)N(c3ccc(O)cc3)C2=O)ccc1O. The van der Waals surface area contributed by atoms with Gasteiger partial charge in [-0.1, -0.05) is 6.07 Å². The quantitative estimate of drug-likeness (QED) is 0.563. The Morgan fingerprint density at radius 2 is 1.78 bits per heavy atom. The van der Waals surface area contributed by atoms with Crippen molar-refractivity contribution in [3.63, 3.8) is 0 Å². The van der Waals surface area contributed by atoms with Crippen molar-refractivity contribution in [1.82, 2.24) is 5.32 Å². The van der Waals surface area contributed by atoms with Crippen molar-refractivity contribution in [2.45, 2.75) is 6.92 Å². The molecule has 2 aromatic carbocycles. The monoisotopic (exact) mass is 368 g/mol. The molecule has 0 bridgehead atoms. The zero-order chi connectivity index (χ0) is 19.6. The van der Waals surface area contributed by atoms with E-state index in [4.69, 9.17) is 4.74 Å². The van der Waals surface area contributed by atoms with Crippen LogP contribution in [0.25, 0.3) is 6.08 Å². The fourth-order valence-corrected chi connectivity index (χ4v) is 2.55. The van der Waals surface area contributed by atoms with Crippen LogP contribution in [0.5, 0.6) is 17.2 Å². The molecule has 2 aromatic rings. The van der Waals surface area contributed by atoms with Crippen molar-refractivity contribution in [1.29, 1.82) is 0 Å². The molecule has 0 atom stereocenters. The van der Waals surface area contributed by atoms with E-state index in [1.54, 1.807) is 6.92 Å². The number of amides is 4. The van der Waals surface area contributed by atoms with E-state index in [1.165, 1.54) is 48.5 Å². The van der Waals surface area contributed by atoms with Crippen LogP contribution < -0.4 is 15.0 Å². The second kappa shape index (κ2) is 7.20. The molecule has 0 unspecified atom stereocenters. The molecule has 1 aliphatic heterocycles. The molecule has 4 amide bonds. The first-order valence-electron chi connectivity index (χ1n) is 8.07. The van der Waals surface area contributed by atoms with E-state index >= 15 is 0 Å².